The Bertz CT molecular complexity index is 782. The largest absolute Gasteiger partial charge is 0.382 e. The van der Waals surface area contributed by atoms with Gasteiger partial charge in [0.05, 0.1) is 5.52 Å². The molecule has 3 N–H and O–H groups in total. The number of aromatic nitrogens is 4. The van der Waals surface area contributed by atoms with Gasteiger partial charge in [-0.1, -0.05) is 0 Å². The van der Waals surface area contributed by atoms with Gasteiger partial charge in [0.25, 0.3) is 0 Å². The molecule has 3 heterocycles. The van der Waals surface area contributed by atoms with Crippen LogP contribution < -0.4 is 11.2 Å². The average molecular weight is 286 g/mol. The summed E-state index contributed by atoms with van der Waals surface area (Å²) in [6.07, 6.45) is 1.74. The number of nitrogens with one attached hydrogen (secondary N) is 1. The van der Waals surface area contributed by atoms with E-state index >= 15 is 0 Å². The van der Waals surface area contributed by atoms with E-state index < -0.39 is 0 Å². The van der Waals surface area contributed by atoms with Crippen molar-refractivity contribution >= 4 is 27.9 Å². The van der Waals surface area contributed by atoms with Crippen LogP contribution in [0.1, 0.15) is 19.7 Å². The van der Waals surface area contributed by atoms with E-state index in [0.29, 0.717) is 24.5 Å². The zero-order valence-electron chi connectivity index (χ0n) is 12.1. The lowest BCUT2D eigenvalue weighted by Gasteiger charge is -2.11. The van der Waals surface area contributed by atoms with Gasteiger partial charge in [-0.25, -0.2) is 14.6 Å². The quantitative estimate of drug-likeness (QED) is 0.741. The summed E-state index contributed by atoms with van der Waals surface area (Å²) in [6, 6.07) is 3.74. The zero-order valence-corrected chi connectivity index (χ0v) is 12.1. The molecule has 0 aliphatic carbocycles. The van der Waals surface area contributed by atoms with Crippen LogP contribution in [0.2, 0.25) is 0 Å². The smallest absolute Gasteiger partial charge is 0.154 e. The molecule has 21 heavy (non-hydrogen) atoms. The van der Waals surface area contributed by atoms with Gasteiger partial charge < -0.3 is 15.9 Å². The predicted molar refractivity (Wildman–Crippen MR) is 82.5 cm³/mol. The molecule has 0 fully saturated rings. The Morgan fingerprint density at radius 2 is 2.14 bits per heavy atom. The van der Waals surface area contributed by atoms with Crippen LogP contribution in [0.15, 0.2) is 18.3 Å². The van der Waals surface area contributed by atoms with E-state index in [1.165, 1.54) is 0 Å². The van der Waals surface area contributed by atoms with Crippen molar-refractivity contribution in [2.24, 2.45) is 0 Å². The second kappa shape index (κ2) is 5.53. The minimum atomic E-state index is 0.403. The van der Waals surface area contributed by atoms with Crippen LogP contribution in [0.5, 0.6) is 0 Å². The van der Waals surface area contributed by atoms with E-state index in [4.69, 9.17) is 10.5 Å². The molecule has 7 nitrogen and oxygen atoms in total. The summed E-state index contributed by atoms with van der Waals surface area (Å²) in [5.41, 5.74) is 12.3. The summed E-state index contributed by atoms with van der Waals surface area (Å²) in [7, 11) is 0. The first-order valence-electron chi connectivity index (χ1n) is 6.99. The first-order valence-corrected chi connectivity index (χ1v) is 6.99. The minimum Gasteiger partial charge on any atom is -0.382 e. The monoisotopic (exact) mass is 286 g/mol. The van der Waals surface area contributed by atoms with Crippen molar-refractivity contribution in [3.05, 3.63) is 24.2 Å². The summed E-state index contributed by atoms with van der Waals surface area (Å²) >= 11 is 0. The van der Waals surface area contributed by atoms with Gasteiger partial charge in [0, 0.05) is 19.3 Å². The number of ether oxygens (including phenoxy) is 1. The Morgan fingerprint density at radius 3 is 2.90 bits per heavy atom. The molecular weight excluding hydrogens is 268 g/mol. The van der Waals surface area contributed by atoms with Crippen molar-refractivity contribution in [1.29, 1.82) is 0 Å². The molecular formula is C14H18N6O. The van der Waals surface area contributed by atoms with E-state index in [0.717, 1.165) is 28.9 Å². The fourth-order valence-electron chi connectivity index (χ4n) is 2.33. The van der Waals surface area contributed by atoms with Gasteiger partial charge >= 0.3 is 0 Å². The number of fused-ring (bicyclic) bond motifs is 3. The van der Waals surface area contributed by atoms with Crippen molar-refractivity contribution in [1.82, 2.24) is 19.6 Å². The Labute approximate surface area is 122 Å². The van der Waals surface area contributed by atoms with Gasteiger partial charge in [-0.2, -0.15) is 0 Å². The molecule has 0 unspecified atom stereocenters. The maximum Gasteiger partial charge on any atom is 0.154 e. The van der Waals surface area contributed by atoms with E-state index in [2.05, 4.69) is 20.4 Å². The Morgan fingerprint density at radius 1 is 1.29 bits per heavy atom. The molecule has 0 aliphatic rings. The highest BCUT2D eigenvalue weighted by molar-refractivity contribution is 6.04. The van der Waals surface area contributed by atoms with Crippen LogP contribution in [-0.2, 0) is 11.3 Å². The zero-order chi connectivity index (χ0) is 14.8. The molecule has 0 radical (unpaired) electrons. The van der Waals surface area contributed by atoms with Gasteiger partial charge in [-0.05, 0) is 26.0 Å². The highest BCUT2D eigenvalue weighted by Gasteiger charge is 2.17. The molecule has 0 amide bonds. The van der Waals surface area contributed by atoms with Gasteiger partial charge in [0.15, 0.2) is 11.6 Å². The Balaban J connectivity index is 2.32. The molecule has 3 rings (SSSR count). The number of imidazole rings is 1. The SMILES string of the molecule is CCNn1c(COCC)nc2c(N)nc3cccnc3c21. The third-order valence-electron chi connectivity index (χ3n) is 3.19. The second-order valence-electron chi connectivity index (χ2n) is 4.58. The third kappa shape index (κ3) is 2.25. The van der Waals surface area contributed by atoms with Crippen LogP contribution in [-0.4, -0.2) is 32.8 Å². The molecule has 0 aromatic carbocycles. The summed E-state index contributed by atoms with van der Waals surface area (Å²) in [6.45, 7) is 5.76. The summed E-state index contributed by atoms with van der Waals surface area (Å²) in [5, 5.41) is 0. The van der Waals surface area contributed by atoms with Crippen LogP contribution in [0.25, 0.3) is 22.1 Å². The Kier molecular flexibility index (Phi) is 3.57. The summed E-state index contributed by atoms with van der Waals surface area (Å²) < 4.78 is 7.38. The molecule has 3 aromatic rings. The van der Waals surface area contributed by atoms with Crippen LogP contribution in [0, 0.1) is 0 Å². The van der Waals surface area contributed by atoms with E-state index in [-0.39, 0.29) is 0 Å². The third-order valence-corrected chi connectivity index (χ3v) is 3.19. The van der Waals surface area contributed by atoms with E-state index in [1.54, 1.807) is 6.20 Å². The highest BCUT2D eigenvalue weighted by Crippen LogP contribution is 2.26. The van der Waals surface area contributed by atoms with Crippen molar-refractivity contribution in [3.8, 4) is 0 Å². The molecule has 3 aromatic heterocycles. The maximum atomic E-state index is 6.05. The molecule has 0 saturated carbocycles. The van der Waals surface area contributed by atoms with E-state index in [1.807, 2.05) is 30.7 Å². The lowest BCUT2D eigenvalue weighted by molar-refractivity contribution is 0.127. The summed E-state index contributed by atoms with van der Waals surface area (Å²) in [4.78, 5) is 13.4. The fourth-order valence-corrected chi connectivity index (χ4v) is 2.33. The van der Waals surface area contributed by atoms with Crippen molar-refractivity contribution in [3.63, 3.8) is 0 Å². The number of hydrogen-bond acceptors (Lipinski definition) is 6. The van der Waals surface area contributed by atoms with Crippen molar-refractivity contribution in [2.75, 3.05) is 24.3 Å². The molecule has 0 spiro atoms. The van der Waals surface area contributed by atoms with Gasteiger partial charge in [-0.15, -0.1) is 0 Å². The molecule has 0 atom stereocenters. The second-order valence-corrected chi connectivity index (χ2v) is 4.58. The van der Waals surface area contributed by atoms with Crippen LogP contribution in [0.3, 0.4) is 0 Å². The number of nitrogens with zero attached hydrogens (tertiary/aromatic N) is 4. The number of nitrogens with two attached hydrogens (primary N) is 1. The predicted octanol–water partition coefficient (Wildman–Crippen LogP) is 1.66. The molecule has 7 heteroatoms. The van der Waals surface area contributed by atoms with Gasteiger partial charge in [0.1, 0.15) is 23.2 Å². The summed E-state index contributed by atoms with van der Waals surface area (Å²) in [5.74, 6) is 1.17. The molecule has 110 valence electrons. The van der Waals surface area contributed by atoms with E-state index in [9.17, 15) is 0 Å². The number of pyridine rings is 2. The normalized spacial score (nSPS) is 11.3. The maximum absolute atomic E-state index is 6.05. The number of rotatable bonds is 5. The topological polar surface area (TPSA) is 90.9 Å². The lowest BCUT2D eigenvalue weighted by atomic mass is 10.3. The number of anilines is 1. The molecule has 0 bridgehead atoms. The average Bonchev–Trinajstić information content (AvgIpc) is 2.85. The highest BCUT2D eigenvalue weighted by atomic mass is 16.5. The fraction of sp³-hybridized carbons (Fsp3) is 0.357. The standard InChI is InChI=1S/C14H18N6O/c1-3-17-20-10(8-21-4-2)19-12-13(20)11-9(18-14(12)15)6-5-7-16-11/h5-7,17H,3-4,8H2,1-2H3,(H2,15,18). The first-order chi connectivity index (χ1) is 10.3. The van der Waals surface area contributed by atoms with Crippen molar-refractivity contribution < 1.29 is 4.74 Å². The Hall–Kier alpha value is -2.41. The first kappa shape index (κ1) is 13.6. The lowest BCUT2D eigenvalue weighted by Crippen LogP contribution is -2.18. The van der Waals surface area contributed by atoms with Crippen molar-refractivity contribution in [2.45, 2.75) is 20.5 Å². The minimum absolute atomic E-state index is 0.403. The van der Waals surface area contributed by atoms with Crippen LogP contribution >= 0.6 is 0 Å². The molecule has 0 saturated heterocycles. The van der Waals surface area contributed by atoms with Gasteiger partial charge in [-0.3, -0.25) is 4.98 Å². The number of hydrogen-bond donors (Lipinski definition) is 2. The molecule has 0 aliphatic heterocycles. The number of nitrogen functional groups attached to an aromatic ring is 1. The van der Waals surface area contributed by atoms with Gasteiger partial charge in [0.2, 0.25) is 0 Å². The van der Waals surface area contributed by atoms with Crippen LogP contribution in [0.4, 0.5) is 5.82 Å².